The maximum absolute atomic E-state index is 12.5. The molecule has 1 aromatic heterocycles. The van der Waals surface area contributed by atoms with Gasteiger partial charge in [0.15, 0.2) is 16.1 Å². The number of halogens is 3. The van der Waals surface area contributed by atoms with Crippen molar-refractivity contribution in [2.45, 2.75) is 26.1 Å². The largest absolute Gasteiger partial charge is 0.573 e. The topological polar surface area (TPSA) is 84.6 Å². The van der Waals surface area contributed by atoms with Gasteiger partial charge in [-0.05, 0) is 79.5 Å². The summed E-state index contributed by atoms with van der Waals surface area (Å²) < 4.78 is 42.6. The molecule has 0 atom stereocenters. The second-order valence-electron chi connectivity index (χ2n) is 9.29. The molecule has 13 heteroatoms. The lowest BCUT2D eigenvalue weighted by atomic mass is 10.1. The molecule has 0 radical (unpaired) electrons. The van der Waals surface area contributed by atoms with Gasteiger partial charge < -0.3 is 10.1 Å². The number of alkyl halides is 3. The number of nitrogens with one attached hydrogen (secondary N) is 1. The van der Waals surface area contributed by atoms with E-state index in [0.29, 0.717) is 34.1 Å². The molecule has 0 bridgehead atoms. The summed E-state index contributed by atoms with van der Waals surface area (Å²) in [5.74, 6) is 0.481. The van der Waals surface area contributed by atoms with Crippen LogP contribution in [0.2, 0.25) is 0 Å². The molecule has 1 aliphatic heterocycles. The third-order valence-corrected chi connectivity index (χ3v) is 7.41. The number of hydrogen-bond donors (Lipinski definition) is 1. The van der Waals surface area contributed by atoms with E-state index in [4.69, 9.17) is 12.2 Å². The van der Waals surface area contributed by atoms with Crippen LogP contribution >= 0.6 is 24.0 Å². The van der Waals surface area contributed by atoms with Gasteiger partial charge in [0.2, 0.25) is 5.91 Å². The fourth-order valence-corrected chi connectivity index (χ4v) is 5.41. The number of thiocarbonyl (C=S) groups is 1. The number of amidine groups is 1. The number of para-hydroxylation sites is 1. The van der Waals surface area contributed by atoms with E-state index < -0.39 is 6.36 Å². The van der Waals surface area contributed by atoms with Crippen LogP contribution in [0.5, 0.6) is 5.75 Å². The Labute approximate surface area is 249 Å². The Morgan fingerprint density at radius 1 is 1.12 bits per heavy atom. The first-order valence-electron chi connectivity index (χ1n) is 12.9. The smallest absolute Gasteiger partial charge is 0.406 e. The van der Waals surface area contributed by atoms with E-state index >= 15 is 0 Å². The van der Waals surface area contributed by atoms with Crippen molar-refractivity contribution in [2.24, 2.45) is 4.99 Å². The number of ether oxygens (including phenoxy) is 1. The summed E-state index contributed by atoms with van der Waals surface area (Å²) in [6.45, 7) is 2.55. The molecular weight excluding hydrogens is 585 g/mol. The van der Waals surface area contributed by atoms with Gasteiger partial charge in [-0.3, -0.25) is 9.69 Å². The van der Waals surface area contributed by atoms with Gasteiger partial charge >= 0.3 is 6.36 Å². The monoisotopic (exact) mass is 610 g/mol. The van der Waals surface area contributed by atoms with E-state index in [2.05, 4.69) is 25.1 Å². The summed E-state index contributed by atoms with van der Waals surface area (Å²) in [6.07, 6.45) is -1.69. The standard InChI is InChI=1S/C29H25F3N6O2S2/c1-19-6-2-3-10-24(19)38-25(39)17-42-28(38)35-27(41)33-15-5-8-20-7-4-9-21(16-20)26-34-18-37(36-26)22-11-13-23(14-12-22)40-29(30,31)32/h2-4,6-7,9-14,16,18H,5,8,15,17H2,1H3,(H,33,41). The number of hydrogen-bond acceptors (Lipinski definition) is 6. The molecule has 1 fully saturated rings. The van der Waals surface area contributed by atoms with E-state index in [1.165, 1.54) is 47.0 Å². The van der Waals surface area contributed by atoms with Crippen molar-refractivity contribution in [1.29, 1.82) is 0 Å². The summed E-state index contributed by atoms with van der Waals surface area (Å²) in [6, 6.07) is 20.9. The molecule has 2 heterocycles. The van der Waals surface area contributed by atoms with Crippen molar-refractivity contribution in [3.8, 4) is 22.8 Å². The highest BCUT2D eigenvalue weighted by Gasteiger charge is 2.31. The summed E-state index contributed by atoms with van der Waals surface area (Å²) in [5, 5.41) is 8.52. The third-order valence-electron chi connectivity index (χ3n) is 6.25. The average molecular weight is 611 g/mol. The number of amides is 1. The van der Waals surface area contributed by atoms with Crippen LogP contribution in [-0.4, -0.2) is 49.6 Å². The van der Waals surface area contributed by atoms with Crippen molar-refractivity contribution in [2.75, 3.05) is 17.2 Å². The van der Waals surface area contributed by atoms with Crippen molar-refractivity contribution >= 4 is 45.9 Å². The molecule has 3 aromatic carbocycles. The summed E-state index contributed by atoms with van der Waals surface area (Å²) in [7, 11) is 0. The number of nitrogens with zero attached hydrogens (tertiary/aromatic N) is 5. The second kappa shape index (κ2) is 12.7. The Balaban J connectivity index is 1.15. The highest BCUT2D eigenvalue weighted by Crippen LogP contribution is 2.29. The highest BCUT2D eigenvalue weighted by atomic mass is 32.2. The minimum atomic E-state index is -4.75. The molecule has 5 rings (SSSR count). The van der Waals surface area contributed by atoms with Crippen molar-refractivity contribution in [3.63, 3.8) is 0 Å². The molecule has 1 saturated heterocycles. The van der Waals surface area contributed by atoms with E-state index in [9.17, 15) is 18.0 Å². The van der Waals surface area contributed by atoms with Crippen LogP contribution in [0.1, 0.15) is 17.5 Å². The van der Waals surface area contributed by atoms with Gasteiger partial charge in [0.05, 0.1) is 17.1 Å². The molecular formula is C29H25F3N6O2S2. The van der Waals surface area contributed by atoms with Gasteiger partial charge in [-0.25, -0.2) is 9.67 Å². The number of benzene rings is 3. The fraction of sp³-hybridized carbons (Fsp3) is 0.207. The second-order valence-corrected chi connectivity index (χ2v) is 10.6. The molecule has 1 N–H and O–H groups in total. The quantitative estimate of drug-likeness (QED) is 0.191. The maximum atomic E-state index is 12.5. The number of carbonyl (C=O) groups excluding carboxylic acids is 1. The molecule has 216 valence electrons. The number of aliphatic imine (C=N–C) groups is 1. The van der Waals surface area contributed by atoms with Gasteiger partial charge in [-0.15, -0.1) is 18.3 Å². The van der Waals surface area contributed by atoms with Gasteiger partial charge in [0.25, 0.3) is 0 Å². The first-order valence-corrected chi connectivity index (χ1v) is 14.3. The number of carbonyl (C=O) groups is 1. The number of aromatic nitrogens is 3. The fourth-order valence-electron chi connectivity index (χ4n) is 4.30. The van der Waals surface area contributed by atoms with E-state index in [-0.39, 0.29) is 11.7 Å². The predicted molar refractivity (Wildman–Crippen MR) is 161 cm³/mol. The Hall–Kier alpha value is -4.23. The lowest BCUT2D eigenvalue weighted by Crippen LogP contribution is -2.32. The zero-order valence-corrected chi connectivity index (χ0v) is 24.0. The highest BCUT2D eigenvalue weighted by molar-refractivity contribution is 8.15. The molecule has 8 nitrogen and oxygen atoms in total. The number of rotatable bonds is 8. The van der Waals surface area contributed by atoms with Crippen LogP contribution < -0.4 is 15.0 Å². The number of aryl methyl sites for hydroxylation is 2. The first-order chi connectivity index (χ1) is 20.2. The van der Waals surface area contributed by atoms with Crippen molar-refractivity contribution in [1.82, 2.24) is 20.1 Å². The van der Waals surface area contributed by atoms with Gasteiger partial charge in [-0.1, -0.05) is 48.2 Å². The van der Waals surface area contributed by atoms with Gasteiger partial charge in [-0.2, -0.15) is 4.99 Å². The molecule has 0 unspecified atom stereocenters. The molecule has 0 saturated carbocycles. The summed E-state index contributed by atoms with van der Waals surface area (Å²) in [4.78, 5) is 23.0. The minimum Gasteiger partial charge on any atom is -0.406 e. The van der Waals surface area contributed by atoms with E-state index in [1.807, 2.05) is 55.5 Å². The lowest BCUT2D eigenvalue weighted by molar-refractivity contribution is -0.274. The molecule has 1 aliphatic rings. The average Bonchev–Trinajstić information content (AvgIpc) is 3.59. The van der Waals surface area contributed by atoms with Gasteiger partial charge in [0, 0.05) is 12.1 Å². The van der Waals surface area contributed by atoms with Crippen LogP contribution in [0.3, 0.4) is 0 Å². The van der Waals surface area contributed by atoms with Crippen LogP contribution in [0.4, 0.5) is 18.9 Å². The summed E-state index contributed by atoms with van der Waals surface area (Å²) >= 11 is 6.79. The van der Waals surface area contributed by atoms with Crippen LogP contribution in [0, 0.1) is 6.92 Å². The maximum Gasteiger partial charge on any atom is 0.573 e. The lowest BCUT2D eigenvalue weighted by Gasteiger charge is -2.18. The summed E-state index contributed by atoms with van der Waals surface area (Å²) in [5.41, 5.74) is 4.24. The molecule has 42 heavy (non-hydrogen) atoms. The van der Waals surface area contributed by atoms with E-state index in [0.717, 1.165) is 35.2 Å². The minimum absolute atomic E-state index is 0.0245. The zero-order valence-electron chi connectivity index (χ0n) is 22.3. The molecule has 0 aliphatic carbocycles. The van der Waals surface area contributed by atoms with Gasteiger partial charge in [0.1, 0.15) is 12.1 Å². The SMILES string of the molecule is Cc1ccccc1N1C(=O)CSC1=NC(=S)NCCCc1cccc(-c2ncn(-c3ccc(OC(F)(F)F)cc3)n2)c1. The van der Waals surface area contributed by atoms with Crippen molar-refractivity contribution < 1.29 is 22.7 Å². The predicted octanol–water partition coefficient (Wildman–Crippen LogP) is 6.08. The van der Waals surface area contributed by atoms with E-state index in [1.54, 1.807) is 4.90 Å². The van der Waals surface area contributed by atoms with Crippen LogP contribution in [0.15, 0.2) is 84.1 Å². The zero-order chi connectivity index (χ0) is 29.7. The third kappa shape index (κ3) is 7.34. The molecule has 4 aromatic rings. The Bertz CT molecular complexity index is 1620. The Kier molecular flexibility index (Phi) is 8.88. The number of thioether (sulfide) groups is 1. The number of anilines is 1. The van der Waals surface area contributed by atoms with Crippen LogP contribution in [0.25, 0.3) is 17.1 Å². The normalized spacial score (nSPS) is 14.4. The molecule has 0 spiro atoms. The first kappa shape index (κ1) is 29.3. The van der Waals surface area contributed by atoms with Crippen LogP contribution in [-0.2, 0) is 11.2 Å². The molecule has 1 amide bonds. The Morgan fingerprint density at radius 2 is 1.90 bits per heavy atom. The van der Waals surface area contributed by atoms with Crippen molar-refractivity contribution in [3.05, 3.63) is 90.3 Å². The Morgan fingerprint density at radius 3 is 2.67 bits per heavy atom.